The van der Waals surface area contributed by atoms with E-state index in [0.29, 0.717) is 12.2 Å². The topological polar surface area (TPSA) is 96.0 Å². The first-order valence-corrected chi connectivity index (χ1v) is 16.6. The second kappa shape index (κ2) is 14.9. The monoisotopic (exact) mass is 645 g/mol. The molecule has 0 spiro atoms. The molecule has 0 aromatic heterocycles. The van der Waals surface area contributed by atoms with Gasteiger partial charge in [0, 0.05) is 12.6 Å². The van der Waals surface area contributed by atoms with Crippen LogP contribution >= 0.6 is 23.2 Å². The number of anilines is 1. The highest BCUT2D eigenvalue weighted by Crippen LogP contribution is 2.35. The lowest BCUT2D eigenvalue weighted by Crippen LogP contribution is -2.54. The molecule has 43 heavy (non-hydrogen) atoms. The van der Waals surface area contributed by atoms with E-state index in [1.54, 1.807) is 55.6 Å². The quantitative estimate of drug-likeness (QED) is 0.244. The SMILES string of the molecule is CCC(C(=O)NC1CCCCC1)N(Cc1cccc(OC)c1)C(=O)CN(c1cccc(Cl)c1Cl)S(=O)(=O)c1ccccc1. The van der Waals surface area contributed by atoms with Gasteiger partial charge < -0.3 is 15.0 Å². The number of methoxy groups -OCH3 is 1. The van der Waals surface area contributed by atoms with E-state index in [1.807, 2.05) is 13.0 Å². The van der Waals surface area contributed by atoms with Crippen LogP contribution in [0.15, 0.2) is 77.7 Å². The van der Waals surface area contributed by atoms with Gasteiger partial charge in [-0.15, -0.1) is 0 Å². The van der Waals surface area contributed by atoms with Crippen molar-refractivity contribution in [1.29, 1.82) is 0 Å². The molecule has 1 aliphatic rings. The predicted molar refractivity (Wildman–Crippen MR) is 170 cm³/mol. The summed E-state index contributed by atoms with van der Waals surface area (Å²) < 4.78 is 34.3. The maximum atomic E-state index is 14.3. The third-order valence-corrected chi connectivity index (χ3v) is 10.2. The Balaban J connectivity index is 1.74. The summed E-state index contributed by atoms with van der Waals surface area (Å²) in [4.78, 5) is 29.4. The van der Waals surface area contributed by atoms with Crippen LogP contribution in [0.1, 0.15) is 51.0 Å². The molecule has 1 aliphatic carbocycles. The zero-order chi connectivity index (χ0) is 31.0. The zero-order valence-corrected chi connectivity index (χ0v) is 26.7. The molecule has 1 atom stereocenters. The van der Waals surface area contributed by atoms with Crippen molar-refractivity contribution in [3.63, 3.8) is 0 Å². The highest BCUT2D eigenvalue weighted by molar-refractivity contribution is 7.92. The summed E-state index contributed by atoms with van der Waals surface area (Å²) in [6.45, 7) is 1.30. The maximum Gasteiger partial charge on any atom is 0.264 e. The predicted octanol–water partition coefficient (Wildman–Crippen LogP) is 6.45. The van der Waals surface area contributed by atoms with E-state index in [1.165, 1.54) is 23.1 Å². The Labute approximate surface area is 264 Å². The molecule has 1 fully saturated rings. The fourth-order valence-corrected chi connectivity index (χ4v) is 7.24. The molecule has 1 N–H and O–H groups in total. The number of sulfonamides is 1. The molecule has 8 nitrogen and oxygen atoms in total. The fourth-order valence-electron chi connectivity index (χ4n) is 5.35. The number of rotatable bonds is 12. The molecule has 0 saturated heterocycles. The normalized spacial score (nSPS) is 14.5. The summed E-state index contributed by atoms with van der Waals surface area (Å²) in [6, 6.07) is 18.8. The second-order valence-electron chi connectivity index (χ2n) is 10.5. The molecule has 3 aromatic rings. The van der Waals surface area contributed by atoms with Gasteiger partial charge in [0.25, 0.3) is 10.0 Å². The van der Waals surface area contributed by atoms with Crippen molar-refractivity contribution in [3.05, 3.63) is 88.4 Å². The van der Waals surface area contributed by atoms with Gasteiger partial charge in [0.1, 0.15) is 18.3 Å². The Kier molecular flexibility index (Phi) is 11.3. The summed E-state index contributed by atoms with van der Waals surface area (Å²) >= 11 is 12.8. The number of amides is 2. The van der Waals surface area contributed by atoms with E-state index < -0.39 is 28.5 Å². The van der Waals surface area contributed by atoms with Crippen molar-refractivity contribution in [1.82, 2.24) is 10.2 Å². The van der Waals surface area contributed by atoms with Crippen molar-refractivity contribution in [2.24, 2.45) is 0 Å². The largest absolute Gasteiger partial charge is 0.497 e. The highest BCUT2D eigenvalue weighted by Gasteiger charge is 2.35. The van der Waals surface area contributed by atoms with Crippen LogP contribution in [-0.4, -0.2) is 50.9 Å². The Morgan fingerprint density at radius 1 is 0.977 bits per heavy atom. The van der Waals surface area contributed by atoms with Gasteiger partial charge in [-0.3, -0.25) is 13.9 Å². The average Bonchev–Trinajstić information content (AvgIpc) is 3.02. The third kappa shape index (κ3) is 8.02. The van der Waals surface area contributed by atoms with Crippen LogP contribution in [0.3, 0.4) is 0 Å². The first-order valence-electron chi connectivity index (χ1n) is 14.4. The van der Waals surface area contributed by atoms with Crippen LogP contribution in [0.5, 0.6) is 5.75 Å². The van der Waals surface area contributed by atoms with E-state index in [9.17, 15) is 18.0 Å². The van der Waals surface area contributed by atoms with Gasteiger partial charge in [0.05, 0.1) is 27.7 Å². The maximum absolute atomic E-state index is 14.3. The number of nitrogens with zero attached hydrogens (tertiary/aromatic N) is 2. The minimum atomic E-state index is -4.26. The molecule has 230 valence electrons. The summed E-state index contributed by atoms with van der Waals surface area (Å²) in [5.41, 5.74) is 0.794. The van der Waals surface area contributed by atoms with Gasteiger partial charge in [-0.1, -0.05) is 85.8 Å². The molecule has 3 aromatic carbocycles. The van der Waals surface area contributed by atoms with Crippen LogP contribution in [0.2, 0.25) is 10.0 Å². The Hall–Kier alpha value is -3.27. The van der Waals surface area contributed by atoms with Gasteiger partial charge in [-0.25, -0.2) is 8.42 Å². The smallest absolute Gasteiger partial charge is 0.264 e. The van der Waals surface area contributed by atoms with Crippen molar-refractivity contribution < 1.29 is 22.7 Å². The van der Waals surface area contributed by atoms with Gasteiger partial charge in [-0.2, -0.15) is 0 Å². The number of nitrogens with one attached hydrogen (secondary N) is 1. The molecular weight excluding hydrogens is 609 g/mol. The molecule has 1 saturated carbocycles. The standard InChI is InChI=1S/C32H37Cl2N3O5S/c1-3-28(32(39)35-24-13-6-4-7-14-24)36(21-23-12-10-15-25(20-23)42-2)30(38)22-37(29-19-11-18-27(33)31(29)34)43(40,41)26-16-8-5-9-17-26/h5,8-12,15-20,24,28H,3-4,6-7,13-14,21-22H2,1-2H3,(H,35,39). The van der Waals surface area contributed by atoms with Crippen molar-refractivity contribution in [2.45, 2.75) is 69.0 Å². The van der Waals surface area contributed by atoms with Gasteiger partial charge in [-0.05, 0) is 61.2 Å². The summed E-state index contributed by atoms with van der Waals surface area (Å²) in [5, 5.41) is 3.29. The molecule has 2 amide bonds. The van der Waals surface area contributed by atoms with E-state index in [2.05, 4.69) is 5.32 Å². The average molecular weight is 647 g/mol. The summed E-state index contributed by atoms with van der Waals surface area (Å²) in [6.07, 6.45) is 5.34. The third-order valence-electron chi connectivity index (χ3n) is 7.63. The fraction of sp³-hybridized carbons (Fsp3) is 0.375. The van der Waals surface area contributed by atoms with E-state index in [4.69, 9.17) is 27.9 Å². The molecular formula is C32H37Cl2N3O5S. The second-order valence-corrected chi connectivity index (χ2v) is 13.2. The molecule has 4 rings (SSSR count). The molecule has 0 bridgehead atoms. The van der Waals surface area contributed by atoms with Crippen LogP contribution in [0.4, 0.5) is 5.69 Å². The number of carbonyl (C=O) groups is 2. The van der Waals surface area contributed by atoms with Crippen molar-refractivity contribution >= 4 is 50.7 Å². The zero-order valence-electron chi connectivity index (χ0n) is 24.3. The molecule has 11 heteroatoms. The molecule has 0 heterocycles. The van der Waals surface area contributed by atoms with Crippen LogP contribution in [0.25, 0.3) is 0 Å². The summed E-state index contributed by atoms with van der Waals surface area (Å²) in [7, 11) is -2.71. The first kappa shape index (κ1) is 32.6. The van der Waals surface area contributed by atoms with Crippen molar-refractivity contribution in [2.75, 3.05) is 18.0 Å². The van der Waals surface area contributed by atoms with E-state index in [0.717, 1.165) is 42.0 Å². The number of hydrogen-bond donors (Lipinski definition) is 1. The first-order chi connectivity index (χ1) is 20.6. The number of hydrogen-bond acceptors (Lipinski definition) is 5. The Morgan fingerprint density at radius 2 is 1.67 bits per heavy atom. The number of halogens is 2. The number of carbonyl (C=O) groups excluding carboxylic acids is 2. The van der Waals surface area contributed by atoms with Crippen LogP contribution in [-0.2, 0) is 26.2 Å². The van der Waals surface area contributed by atoms with Gasteiger partial charge in [0.2, 0.25) is 11.8 Å². The van der Waals surface area contributed by atoms with Crippen LogP contribution in [0, 0.1) is 0 Å². The van der Waals surface area contributed by atoms with Crippen LogP contribution < -0.4 is 14.4 Å². The number of ether oxygens (including phenoxy) is 1. The lowest BCUT2D eigenvalue weighted by Gasteiger charge is -2.34. The minimum Gasteiger partial charge on any atom is -0.497 e. The van der Waals surface area contributed by atoms with E-state index in [-0.39, 0.29) is 39.1 Å². The molecule has 0 aliphatic heterocycles. The molecule has 0 radical (unpaired) electrons. The Bertz CT molecular complexity index is 1510. The van der Waals surface area contributed by atoms with E-state index >= 15 is 0 Å². The minimum absolute atomic E-state index is 0.00194. The number of benzene rings is 3. The Morgan fingerprint density at radius 3 is 2.35 bits per heavy atom. The van der Waals surface area contributed by atoms with Crippen molar-refractivity contribution in [3.8, 4) is 5.75 Å². The molecule has 1 unspecified atom stereocenters. The lowest BCUT2D eigenvalue weighted by molar-refractivity contribution is -0.140. The highest BCUT2D eigenvalue weighted by atomic mass is 35.5. The lowest BCUT2D eigenvalue weighted by atomic mass is 9.95. The van der Waals surface area contributed by atoms with Gasteiger partial charge in [0.15, 0.2) is 0 Å². The summed E-state index contributed by atoms with van der Waals surface area (Å²) in [5.74, 6) is -0.225. The van der Waals surface area contributed by atoms with Gasteiger partial charge >= 0.3 is 0 Å².